The summed E-state index contributed by atoms with van der Waals surface area (Å²) in [5.41, 5.74) is 0. The molecule has 3 rings (SSSR count). The number of nitrogens with one attached hydrogen (secondary N) is 2. The van der Waals surface area contributed by atoms with Gasteiger partial charge in [-0.1, -0.05) is 0 Å². The summed E-state index contributed by atoms with van der Waals surface area (Å²) in [6.45, 7) is -2.80. The van der Waals surface area contributed by atoms with Gasteiger partial charge < -0.3 is 54.3 Å². The van der Waals surface area contributed by atoms with Crippen molar-refractivity contribution in [3.63, 3.8) is 0 Å². The number of carbonyl (C=O) groups is 1. The number of aliphatic carboxylic acids is 1. The third-order valence-corrected chi connectivity index (χ3v) is 9.81. The fourth-order valence-corrected chi connectivity index (χ4v) is 7.76. The fourth-order valence-electron chi connectivity index (χ4n) is 5.26. The van der Waals surface area contributed by atoms with E-state index in [9.17, 15) is 91.2 Å². The van der Waals surface area contributed by atoms with Crippen molar-refractivity contribution in [2.45, 2.75) is 92.0 Å². The van der Waals surface area contributed by atoms with Crippen LogP contribution in [-0.4, -0.2) is 207 Å². The molecule has 3 fully saturated rings. The Balaban J connectivity index is 2.11. The molecule has 0 aromatic heterocycles. The Labute approximate surface area is 308 Å². The molecule has 0 aromatic carbocycles. The summed E-state index contributed by atoms with van der Waals surface area (Å²) in [5.74, 6) is -2.25. The molecule has 0 radical (unpaired) electrons. The normalized spacial score (nSPS) is 38.4. The lowest BCUT2D eigenvalue weighted by atomic mass is 9.95. The number of hydrogen-bond donors (Lipinski definition) is 13. The summed E-state index contributed by atoms with van der Waals surface area (Å²) in [4.78, 5) is 12.4. The maximum Gasteiger partial charge on any atom is 0.397 e. The molecule has 32 nitrogen and oxygen atoms in total. The summed E-state index contributed by atoms with van der Waals surface area (Å²) < 4.78 is 202. The Morgan fingerprint density at radius 2 is 1.09 bits per heavy atom. The highest BCUT2D eigenvalue weighted by molar-refractivity contribution is 7.84. The number of aliphatic hydroxyl groups is 5. The van der Waals surface area contributed by atoms with Gasteiger partial charge >= 0.3 is 57.8 Å². The molecular formula is C18H32N2O30S5. The topological polar surface area (TPSA) is 508 Å². The standard InChI is InChI=1S/C18H32N2O30S5/c21-1-3-10(8(23)5(16(27)44-3)19-51(28,29)30)46-18-13(50-55(40,41)42)9(24)12(14(48-18)15(25)26)47-17-6(20-52(31,32)33)11(49-54(37,38)39)7(22)4(45-17)2-43-53(34,35)36/h3-14,16-24,27H,1-2H2,(H,25,26)(H,28,29,30)(H,31,32,33)(H,34,35,36)(H,37,38,39)(H,40,41,42)/t3-,4-,5-,6-,7-,8-,9+,10-,11-,12+,13-,14-,16?,17-,18-/m1/s1. The van der Waals surface area contributed by atoms with E-state index in [0.717, 1.165) is 0 Å². The Bertz CT molecular complexity index is 1910. The minimum atomic E-state index is -5.83. The van der Waals surface area contributed by atoms with Gasteiger partial charge in [0.05, 0.1) is 13.2 Å². The Hall–Kier alpha value is -1.58. The average Bonchev–Trinajstić information content (AvgIpc) is 2.98. The Morgan fingerprint density at radius 3 is 1.56 bits per heavy atom. The molecule has 3 aliphatic heterocycles. The summed E-state index contributed by atoms with van der Waals surface area (Å²) in [7, 11) is -28.0. The van der Waals surface area contributed by atoms with Crippen LogP contribution >= 0.6 is 0 Å². The van der Waals surface area contributed by atoms with E-state index in [2.05, 4.69) is 12.5 Å². The predicted molar refractivity (Wildman–Crippen MR) is 158 cm³/mol. The van der Waals surface area contributed by atoms with Gasteiger partial charge in [0.2, 0.25) is 0 Å². The van der Waals surface area contributed by atoms with Gasteiger partial charge in [-0.15, -0.1) is 0 Å². The van der Waals surface area contributed by atoms with Crippen molar-refractivity contribution >= 4 is 57.8 Å². The van der Waals surface area contributed by atoms with Crippen LogP contribution in [0.3, 0.4) is 0 Å². The van der Waals surface area contributed by atoms with E-state index in [1.54, 1.807) is 0 Å². The first-order valence-electron chi connectivity index (χ1n) is 14.1. The van der Waals surface area contributed by atoms with E-state index in [1.807, 2.05) is 0 Å². The number of carboxylic acids is 1. The third kappa shape index (κ3) is 13.8. The highest BCUT2D eigenvalue weighted by atomic mass is 32.3. The SMILES string of the molecule is O=C(O)[C@@H]1O[C@@H](O[C@H]2[C@H](O)[C@@H](NS(=O)(=O)O)C(O)O[C@@H]2CO)[C@H](OS(=O)(=O)O)[C@@H](O)[C@@H]1O[C@H]1O[C@H](COS(=O)(=O)O)[C@@H](O)[C@H](OS(=O)(=O)O)[C@H]1NS(=O)(=O)O. The maximum absolute atomic E-state index is 12.4. The van der Waals surface area contributed by atoms with Crippen molar-refractivity contribution in [2.75, 3.05) is 13.2 Å². The maximum atomic E-state index is 12.4. The number of ether oxygens (including phenoxy) is 5. The molecule has 3 saturated heterocycles. The molecule has 0 saturated carbocycles. The molecule has 0 aromatic rings. The van der Waals surface area contributed by atoms with E-state index in [4.69, 9.17) is 32.8 Å². The average molecular weight is 917 g/mol. The van der Waals surface area contributed by atoms with Gasteiger partial charge in [-0.2, -0.15) is 51.5 Å². The zero-order chi connectivity index (χ0) is 42.2. The minimum Gasteiger partial charge on any atom is -0.479 e. The smallest absolute Gasteiger partial charge is 0.397 e. The zero-order valence-corrected chi connectivity index (χ0v) is 30.4. The molecule has 37 heteroatoms. The summed E-state index contributed by atoms with van der Waals surface area (Å²) in [6, 6.07) is -5.01. The van der Waals surface area contributed by atoms with Crippen LogP contribution in [0.1, 0.15) is 0 Å². The van der Waals surface area contributed by atoms with Crippen molar-refractivity contribution in [1.29, 1.82) is 0 Å². The molecule has 0 aliphatic carbocycles. The third-order valence-electron chi connectivity index (χ3n) is 7.31. The highest BCUT2D eigenvalue weighted by Gasteiger charge is 2.58. The van der Waals surface area contributed by atoms with Gasteiger partial charge in [0.15, 0.2) is 31.1 Å². The van der Waals surface area contributed by atoms with Gasteiger partial charge in [0, 0.05) is 0 Å². The second-order valence-corrected chi connectivity index (χ2v) is 16.7. The summed E-state index contributed by atoms with van der Waals surface area (Å²) in [5, 5.41) is 62.4. The van der Waals surface area contributed by atoms with Crippen LogP contribution in [0.4, 0.5) is 0 Å². The molecule has 0 bridgehead atoms. The first-order chi connectivity index (χ1) is 24.8. The first kappa shape index (κ1) is 47.8. The van der Waals surface area contributed by atoms with Gasteiger partial charge in [-0.05, 0) is 0 Å². The van der Waals surface area contributed by atoms with Crippen LogP contribution in [0.15, 0.2) is 0 Å². The van der Waals surface area contributed by atoms with E-state index in [-0.39, 0.29) is 0 Å². The van der Waals surface area contributed by atoms with Crippen LogP contribution in [0.2, 0.25) is 0 Å². The molecule has 0 spiro atoms. The Kier molecular flexibility index (Phi) is 15.4. The van der Waals surface area contributed by atoms with Gasteiger partial charge in [-0.25, -0.2) is 17.3 Å². The molecule has 15 atom stereocenters. The van der Waals surface area contributed by atoms with E-state index in [0.29, 0.717) is 0 Å². The molecule has 1 unspecified atom stereocenters. The lowest BCUT2D eigenvalue weighted by Crippen LogP contribution is -2.70. The molecule has 3 aliphatic rings. The summed E-state index contributed by atoms with van der Waals surface area (Å²) in [6.07, 6.45) is -33.9. The molecule has 324 valence electrons. The molecule has 13 N–H and O–H groups in total. The van der Waals surface area contributed by atoms with Crippen molar-refractivity contribution in [2.24, 2.45) is 0 Å². The fraction of sp³-hybridized carbons (Fsp3) is 0.944. The van der Waals surface area contributed by atoms with Crippen molar-refractivity contribution < 1.29 is 137 Å². The van der Waals surface area contributed by atoms with E-state index >= 15 is 0 Å². The highest BCUT2D eigenvalue weighted by Crippen LogP contribution is 2.35. The largest absolute Gasteiger partial charge is 0.479 e. The lowest BCUT2D eigenvalue weighted by Gasteiger charge is -2.48. The second-order valence-electron chi connectivity index (χ2n) is 11.2. The molecule has 55 heavy (non-hydrogen) atoms. The number of aliphatic hydroxyl groups excluding tert-OH is 5. The van der Waals surface area contributed by atoms with Crippen LogP contribution in [-0.2, 0) is 92.8 Å². The van der Waals surface area contributed by atoms with Gasteiger partial charge in [0.1, 0.15) is 60.9 Å². The van der Waals surface area contributed by atoms with Crippen LogP contribution < -0.4 is 9.44 Å². The van der Waals surface area contributed by atoms with E-state index < -0.39 is 163 Å². The predicted octanol–water partition coefficient (Wildman–Crippen LogP) is -9.20. The number of hydrogen-bond acceptors (Lipinski definition) is 24. The monoisotopic (exact) mass is 916 g/mol. The van der Waals surface area contributed by atoms with E-state index in [1.165, 1.54) is 9.44 Å². The summed E-state index contributed by atoms with van der Waals surface area (Å²) >= 11 is 0. The first-order valence-corrected chi connectivity index (χ1v) is 21.0. The van der Waals surface area contributed by atoms with Crippen LogP contribution in [0, 0.1) is 0 Å². The quantitative estimate of drug-likeness (QED) is 0.0603. The van der Waals surface area contributed by atoms with Crippen molar-refractivity contribution in [3.05, 3.63) is 0 Å². The van der Waals surface area contributed by atoms with Crippen LogP contribution in [0.5, 0.6) is 0 Å². The van der Waals surface area contributed by atoms with Crippen LogP contribution in [0.25, 0.3) is 0 Å². The molecule has 0 amide bonds. The number of rotatable bonds is 17. The lowest BCUT2D eigenvalue weighted by molar-refractivity contribution is -0.357. The van der Waals surface area contributed by atoms with Gasteiger partial charge in [0.25, 0.3) is 0 Å². The van der Waals surface area contributed by atoms with Crippen molar-refractivity contribution in [3.8, 4) is 0 Å². The molecular weight excluding hydrogens is 885 g/mol. The minimum absolute atomic E-state index is 1.20. The van der Waals surface area contributed by atoms with Crippen molar-refractivity contribution in [1.82, 2.24) is 9.44 Å². The Morgan fingerprint density at radius 1 is 0.582 bits per heavy atom. The zero-order valence-electron chi connectivity index (χ0n) is 26.3. The van der Waals surface area contributed by atoms with Gasteiger partial charge in [-0.3, -0.25) is 22.8 Å². The number of carboxylic acid groups (broad SMARTS) is 1. The second kappa shape index (κ2) is 17.7. The molecule has 3 heterocycles.